The Bertz CT molecular complexity index is 1570. The largest absolute Gasteiger partial charge is 0.394 e. The Morgan fingerprint density at radius 1 is 1.11 bits per heavy atom. The third-order valence-electron chi connectivity index (χ3n) is 6.72. The highest BCUT2D eigenvalue weighted by Gasteiger charge is 2.45. The molecule has 0 atom stereocenters. The van der Waals surface area contributed by atoms with E-state index in [1.807, 2.05) is 50.4 Å². The van der Waals surface area contributed by atoms with Crippen LogP contribution in [0.3, 0.4) is 0 Å². The zero-order valence-electron chi connectivity index (χ0n) is 20.0. The Hall–Kier alpha value is -3.75. The number of hydrogen-bond acceptors (Lipinski definition) is 7. The van der Waals surface area contributed by atoms with Crippen LogP contribution in [-0.2, 0) is 12.1 Å². The number of anilines is 1. The molecule has 1 aliphatic carbocycles. The topological polar surface area (TPSA) is 102 Å². The van der Waals surface area contributed by atoms with Gasteiger partial charge in [-0.2, -0.15) is 5.10 Å². The normalized spacial score (nSPS) is 14.3. The molecule has 3 aromatic heterocycles. The van der Waals surface area contributed by atoms with E-state index in [1.54, 1.807) is 10.9 Å². The maximum absolute atomic E-state index is 9.27. The van der Waals surface area contributed by atoms with Crippen molar-refractivity contribution in [3.63, 3.8) is 0 Å². The van der Waals surface area contributed by atoms with Gasteiger partial charge in [-0.05, 0) is 62.1 Å². The fourth-order valence-electron chi connectivity index (χ4n) is 4.73. The van der Waals surface area contributed by atoms with Crippen LogP contribution in [0.2, 0.25) is 5.02 Å². The molecular weight excluding hydrogens is 476 g/mol. The minimum Gasteiger partial charge on any atom is -0.394 e. The molecule has 9 heteroatoms. The summed E-state index contributed by atoms with van der Waals surface area (Å²) in [6, 6.07) is 14.1. The first kappa shape index (κ1) is 22.7. The van der Waals surface area contributed by atoms with Gasteiger partial charge in [-0.1, -0.05) is 35.0 Å². The van der Waals surface area contributed by atoms with Crippen LogP contribution in [0.5, 0.6) is 0 Å². The number of nitrogens with one attached hydrogen (secondary N) is 1. The Labute approximate surface area is 212 Å². The van der Waals surface area contributed by atoms with Crippen molar-refractivity contribution in [3.8, 4) is 22.5 Å². The summed E-state index contributed by atoms with van der Waals surface area (Å²) in [7, 11) is 0. The molecule has 1 saturated carbocycles. The lowest BCUT2D eigenvalue weighted by molar-refractivity contribution is 0.269. The van der Waals surface area contributed by atoms with Gasteiger partial charge in [-0.15, -0.1) is 0 Å². The van der Waals surface area contributed by atoms with Gasteiger partial charge in [0.15, 0.2) is 5.82 Å². The lowest BCUT2D eigenvalue weighted by atomic mass is 10.0. The van der Waals surface area contributed by atoms with Crippen molar-refractivity contribution in [1.29, 1.82) is 0 Å². The molecule has 6 rings (SSSR count). The Morgan fingerprint density at radius 2 is 1.97 bits per heavy atom. The number of halogens is 1. The first-order chi connectivity index (χ1) is 17.5. The third kappa shape index (κ3) is 4.02. The van der Waals surface area contributed by atoms with Crippen LogP contribution in [0.4, 0.5) is 5.82 Å². The van der Waals surface area contributed by atoms with E-state index in [0.29, 0.717) is 17.4 Å². The molecule has 0 amide bonds. The summed E-state index contributed by atoms with van der Waals surface area (Å²) in [5, 5.41) is 23.1. The molecule has 3 heterocycles. The Balaban J connectivity index is 1.50. The zero-order chi connectivity index (χ0) is 24.9. The van der Waals surface area contributed by atoms with Gasteiger partial charge in [0.05, 0.1) is 41.7 Å². The molecular formula is C27H25ClN6O2. The molecule has 2 aromatic carbocycles. The molecule has 2 N–H and O–H groups in total. The maximum Gasteiger partial charge on any atom is 0.165 e. The lowest BCUT2D eigenvalue weighted by Gasteiger charge is -2.21. The Kier molecular flexibility index (Phi) is 5.50. The molecule has 0 radical (unpaired) electrons. The third-order valence-corrected chi connectivity index (χ3v) is 6.96. The van der Waals surface area contributed by atoms with E-state index in [0.717, 1.165) is 63.3 Å². The molecule has 0 unspecified atom stereocenters. The minimum absolute atomic E-state index is 0.0130. The number of aliphatic hydroxyl groups is 1. The number of benzene rings is 2. The average Bonchev–Trinajstić information content (AvgIpc) is 3.37. The first-order valence-electron chi connectivity index (χ1n) is 11.9. The van der Waals surface area contributed by atoms with Crippen molar-refractivity contribution in [3.05, 3.63) is 76.9 Å². The van der Waals surface area contributed by atoms with Gasteiger partial charge >= 0.3 is 0 Å². The number of aliphatic hydroxyl groups excluding tert-OH is 1. The van der Waals surface area contributed by atoms with Crippen molar-refractivity contribution in [2.75, 3.05) is 11.9 Å². The smallest absolute Gasteiger partial charge is 0.165 e. The van der Waals surface area contributed by atoms with Crippen molar-refractivity contribution < 1.29 is 9.63 Å². The summed E-state index contributed by atoms with van der Waals surface area (Å²) in [6.07, 6.45) is 5.53. The molecule has 1 fully saturated rings. The van der Waals surface area contributed by atoms with E-state index >= 15 is 0 Å². The number of hydrogen-bond donors (Lipinski definition) is 2. The van der Waals surface area contributed by atoms with Gasteiger partial charge in [-0.25, -0.2) is 9.97 Å². The summed E-state index contributed by atoms with van der Waals surface area (Å²) in [5.41, 5.74) is 5.33. The predicted octanol–water partition coefficient (Wildman–Crippen LogP) is 5.51. The number of nitrogens with zero attached hydrogens (tertiary/aromatic N) is 5. The summed E-state index contributed by atoms with van der Waals surface area (Å²) in [5.74, 6) is 2.09. The predicted molar refractivity (Wildman–Crippen MR) is 139 cm³/mol. The number of aryl methyl sites for hydroxylation is 2. The van der Waals surface area contributed by atoms with Crippen LogP contribution in [0.1, 0.15) is 29.9 Å². The van der Waals surface area contributed by atoms with Crippen molar-refractivity contribution in [2.45, 2.75) is 38.8 Å². The SMILES string of the molecule is Cc1noc(C)c1-c1ccc2nc(-c3cnn(CCO)c3)nc(NC3(c4cccc(Cl)c4)CC3)c2c1. The zero-order valence-corrected chi connectivity index (χ0v) is 20.8. The summed E-state index contributed by atoms with van der Waals surface area (Å²) < 4.78 is 7.10. The van der Waals surface area contributed by atoms with Crippen LogP contribution in [-0.4, -0.2) is 36.6 Å². The van der Waals surface area contributed by atoms with Crippen LogP contribution in [0.15, 0.2) is 59.4 Å². The molecule has 0 saturated heterocycles. The summed E-state index contributed by atoms with van der Waals surface area (Å²) >= 11 is 6.32. The van der Waals surface area contributed by atoms with Crippen LogP contribution < -0.4 is 5.32 Å². The second kappa shape index (κ2) is 8.72. The molecule has 182 valence electrons. The molecule has 1 aliphatic rings. The number of rotatable bonds is 7. The van der Waals surface area contributed by atoms with E-state index < -0.39 is 0 Å². The molecule has 0 spiro atoms. The van der Waals surface area contributed by atoms with Gasteiger partial charge in [0.2, 0.25) is 0 Å². The van der Waals surface area contributed by atoms with Crippen LogP contribution >= 0.6 is 11.6 Å². The average molecular weight is 501 g/mol. The second-order valence-electron chi connectivity index (χ2n) is 9.26. The fraction of sp³-hybridized carbons (Fsp3) is 0.259. The van der Waals surface area contributed by atoms with E-state index in [9.17, 15) is 5.11 Å². The molecule has 5 aromatic rings. The molecule has 0 aliphatic heterocycles. The molecule has 0 bridgehead atoms. The van der Waals surface area contributed by atoms with Crippen molar-refractivity contribution in [1.82, 2.24) is 24.9 Å². The summed E-state index contributed by atoms with van der Waals surface area (Å²) in [6.45, 7) is 4.29. The monoisotopic (exact) mass is 500 g/mol. The molecule has 36 heavy (non-hydrogen) atoms. The first-order valence-corrected chi connectivity index (χ1v) is 12.3. The number of fused-ring (bicyclic) bond motifs is 1. The fourth-order valence-corrected chi connectivity index (χ4v) is 4.92. The highest BCUT2D eigenvalue weighted by Crippen LogP contribution is 2.49. The van der Waals surface area contributed by atoms with Crippen molar-refractivity contribution in [2.24, 2.45) is 0 Å². The van der Waals surface area contributed by atoms with Gasteiger partial charge in [0, 0.05) is 22.2 Å². The van der Waals surface area contributed by atoms with E-state index in [4.69, 9.17) is 26.1 Å². The highest BCUT2D eigenvalue weighted by molar-refractivity contribution is 6.30. The van der Waals surface area contributed by atoms with Gasteiger partial charge < -0.3 is 14.9 Å². The van der Waals surface area contributed by atoms with Gasteiger partial charge in [0.1, 0.15) is 11.6 Å². The molecule has 8 nitrogen and oxygen atoms in total. The van der Waals surface area contributed by atoms with Crippen molar-refractivity contribution >= 4 is 28.3 Å². The van der Waals surface area contributed by atoms with E-state index in [-0.39, 0.29) is 12.1 Å². The lowest BCUT2D eigenvalue weighted by Crippen LogP contribution is -2.20. The maximum atomic E-state index is 9.27. The Morgan fingerprint density at radius 3 is 2.69 bits per heavy atom. The van der Waals surface area contributed by atoms with Crippen LogP contribution in [0, 0.1) is 13.8 Å². The van der Waals surface area contributed by atoms with E-state index in [1.165, 1.54) is 0 Å². The standard InChI is InChI=1S/C27H25ClN6O2/c1-16-24(17(2)36-33-16)18-6-7-23-22(12-18)26(31-25(30-23)19-14-29-34(15-19)10-11-35)32-27(8-9-27)20-4-3-5-21(28)13-20/h3-7,12-15,35H,8-11H2,1-2H3,(H,30,31,32). The minimum atomic E-state index is -0.233. The quantitative estimate of drug-likeness (QED) is 0.303. The highest BCUT2D eigenvalue weighted by atomic mass is 35.5. The summed E-state index contributed by atoms with van der Waals surface area (Å²) in [4.78, 5) is 9.83. The van der Waals surface area contributed by atoms with Crippen LogP contribution in [0.25, 0.3) is 33.4 Å². The van der Waals surface area contributed by atoms with Gasteiger partial charge in [-0.3, -0.25) is 4.68 Å². The number of aromatic nitrogens is 5. The van der Waals surface area contributed by atoms with E-state index in [2.05, 4.69) is 27.7 Å². The van der Waals surface area contributed by atoms with Gasteiger partial charge in [0.25, 0.3) is 0 Å². The second-order valence-corrected chi connectivity index (χ2v) is 9.70.